The number of halogens is 1. The van der Waals surface area contributed by atoms with Crippen molar-refractivity contribution >= 4 is 29.6 Å². The summed E-state index contributed by atoms with van der Waals surface area (Å²) in [5, 5.41) is 4.75. The van der Waals surface area contributed by atoms with E-state index in [1.165, 1.54) is 45.6 Å². The fraction of sp³-hybridized carbons (Fsp3) is 0.190. The van der Waals surface area contributed by atoms with E-state index in [-0.39, 0.29) is 11.4 Å². The zero-order valence-corrected chi connectivity index (χ0v) is 17.0. The number of nitrogens with zero attached hydrogens (tertiary/aromatic N) is 1. The summed E-state index contributed by atoms with van der Waals surface area (Å²) in [5.74, 6) is -0.871. The molecule has 9 nitrogen and oxygen atoms in total. The first kappa shape index (κ1) is 21.6. The smallest absolute Gasteiger partial charge is 0.329 e. The van der Waals surface area contributed by atoms with Gasteiger partial charge in [0.2, 0.25) is 5.91 Å². The Morgan fingerprint density at radius 1 is 1.06 bits per heavy atom. The molecule has 0 atom stereocenters. The number of amides is 4. The van der Waals surface area contributed by atoms with Crippen LogP contribution in [-0.4, -0.2) is 50.6 Å². The summed E-state index contributed by atoms with van der Waals surface area (Å²) in [6.07, 6.45) is 1.40. The average Bonchev–Trinajstić information content (AvgIpc) is 3.02. The van der Waals surface area contributed by atoms with E-state index in [1.807, 2.05) is 0 Å². The Morgan fingerprint density at radius 3 is 2.35 bits per heavy atom. The molecule has 0 saturated carbocycles. The third-order valence-electron chi connectivity index (χ3n) is 4.45. The zero-order chi connectivity index (χ0) is 22.5. The van der Waals surface area contributed by atoms with Crippen LogP contribution in [0.15, 0.2) is 42.1 Å². The highest BCUT2D eigenvalue weighted by atomic mass is 19.1. The summed E-state index contributed by atoms with van der Waals surface area (Å²) >= 11 is 0. The van der Waals surface area contributed by atoms with Crippen LogP contribution in [0.25, 0.3) is 6.08 Å². The van der Waals surface area contributed by atoms with Crippen molar-refractivity contribution in [2.45, 2.75) is 0 Å². The van der Waals surface area contributed by atoms with Crippen molar-refractivity contribution in [1.29, 1.82) is 0 Å². The number of para-hydroxylation sites is 1. The van der Waals surface area contributed by atoms with E-state index in [4.69, 9.17) is 14.2 Å². The molecule has 0 bridgehead atoms. The molecule has 0 radical (unpaired) electrons. The molecule has 162 valence electrons. The van der Waals surface area contributed by atoms with E-state index in [2.05, 4.69) is 10.6 Å². The molecule has 1 fully saturated rings. The van der Waals surface area contributed by atoms with Gasteiger partial charge in [0.05, 0.1) is 27.0 Å². The van der Waals surface area contributed by atoms with Crippen LogP contribution >= 0.6 is 0 Å². The van der Waals surface area contributed by atoms with Gasteiger partial charge in [0, 0.05) is 11.6 Å². The summed E-state index contributed by atoms with van der Waals surface area (Å²) < 4.78 is 29.5. The van der Waals surface area contributed by atoms with Crippen molar-refractivity contribution in [3.05, 3.63) is 53.5 Å². The van der Waals surface area contributed by atoms with Gasteiger partial charge in [-0.25, -0.2) is 14.1 Å². The van der Waals surface area contributed by atoms with Gasteiger partial charge < -0.3 is 24.8 Å². The summed E-state index contributed by atoms with van der Waals surface area (Å²) in [4.78, 5) is 37.8. The van der Waals surface area contributed by atoms with E-state index in [1.54, 1.807) is 18.2 Å². The van der Waals surface area contributed by atoms with Gasteiger partial charge in [-0.05, 0) is 24.3 Å². The minimum absolute atomic E-state index is 0.0506. The molecule has 0 unspecified atom stereocenters. The van der Waals surface area contributed by atoms with Crippen LogP contribution in [0, 0.1) is 5.82 Å². The molecule has 1 aliphatic rings. The Hall–Kier alpha value is -4.08. The number of methoxy groups -OCH3 is 3. The number of urea groups is 1. The molecule has 1 aliphatic heterocycles. The van der Waals surface area contributed by atoms with Crippen molar-refractivity contribution in [3.8, 4) is 17.2 Å². The zero-order valence-electron chi connectivity index (χ0n) is 17.0. The Kier molecular flexibility index (Phi) is 6.39. The average molecular weight is 429 g/mol. The van der Waals surface area contributed by atoms with Crippen molar-refractivity contribution in [2.75, 3.05) is 33.2 Å². The maximum absolute atomic E-state index is 13.7. The number of ether oxygens (including phenoxy) is 3. The molecule has 2 aromatic carbocycles. The van der Waals surface area contributed by atoms with Crippen LogP contribution < -0.4 is 24.8 Å². The van der Waals surface area contributed by atoms with Gasteiger partial charge in [-0.1, -0.05) is 12.1 Å². The predicted molar refractivity (Wildman–Crippen MR) is 109 cm³/mol. The first-order valence-electron chi connectivity index (χ1n) is 9.06. The Balaban J connectivity index is 1.80. The van der Waals surface area contributed by atoms with Gasteiger partial charge in [-0.15, -0.1) is 0 Å². The van der Waals surface area contributed by atoms with Gasteiger partial charge in [-0.3, -0.25) is 9.59 Å². The molecule has 4 amide bonds. The molecule has 2 aromatic rings. The number of carbonyl (C=O) groups excluding carboxylic acids is 3. The van der Waals surface area contributed by atoms with Crippen molar-refractivity contribution < 1.29 is 33.0 Å². The van der Waals surface area contributed by atoms with Crippen LogP contribution in [0.4, 0.5) is 14.9 Å². The lowest BCUT2D eigenvalue weighted by Gasteiger charge is -2.13. The number of anilines is 1. The molecular formula is C21H20FN3O6. The molecule has 0 aromatic heterocycles. The van der Waals surface area contributed by atoms with Crippen LogP contribution in [0.2, 0.25) is 0 Å². The van der Waals surface area contributed by atoms with Gasteiger partial charge >= 0.3 is 6.03 Å². The highest BCUT2D eigenvalue weighted by Gasteiger charge is 2.35. The Bertz CT molecular complexity index is 1070. The topological polar surface area (TPSA) is 106 Å². The maximum Gasteiger partial charge on any atom is 0.329 e. The quantitative estimate of drug-likeness (QED) is 0.517. The number of rotatable bonds is 7. The van der Waals surface area contributed by atoms with Gasteiger partial charge in [0.25, 0.3) is 5.91 Å². The third-order valence-corrected chi connectivity index (χ3v) is 4.45. The fourth-order valence-corrected chi connectivity index (χ4v) is 2.93. The van der Waals surface area contributed by atoms with Crippen LogP contribution in [0.1, 0.15) is 5.56 Å². The summed E-state index contributed by atoms with van der Waals surface area (Å²) in [5.41, 5.74) is 0.334. The van der Waals surface area contributed by atoms with Crippen LogP contribution in [-0.2, 0) is 9.59 Å². The molecule has 2 N–H and O–H groups in total. The lowest BCUT2D eigenvalue weighted by atomic mass is 10.1. The number of imide groups is 1. The highest BCUT2D eigenvalue weighted by Crippen LogP contribution is 2.35. The fourth-order valence-electron chi connectivity index (χ4n) is 2.93. The van der Waals surface area contributed by atoms with E-state index in [0.29, 0.717) is 22.8 Å². The lowest BCUT2D eigenvalue weighted by molar-refractivity contribution is -0.127. The van der Waals surface area contributed by atoms with Crippen molar-refractivity contribution in [2.24, 2.45) is 0 Å². The lowest BCUT2D eigenvalue weighted by Crippen LogP contribution is -2.38. The number of hydrogen-bond donors (Lipinski definition) is 2. The molecule has 1 heterocycles. The number of nitrogens with one attached hydrogen (secondary N) is 2. The number of benzene rings is 2. The molecule has 0 spiro atoms. The SMILES string of the molecule is COc1cc(OC)c(OC)cc1/C=C1/NC(=O)N(CC(=O)Nc2ccccc2F)C1=O. The summed E-state index contributed by atoms with van der Waals surface area (Å²) in [7, 11) is 4.37. The molecule has 3 rings (SSSR count). The van der Waals surface area contributed by atoms with Gasteiger partial charge in [-0.2, -0.15) is 0 Å². The molecular weight excluding hydrogens is 409 g/mol. The van der Waals surface area contributed by atoms with E-state index >= 15 is 0 Å². The third kappa shape index (κ3) is 4.58. The monoisotopic (exact) mass is 429 g/mol. The Labute approximate surface area is 177 Å². The highest BCUT2D eigenvalue weighted by molar-refractivity contribution is 6.16. The Morgan fingerprint density at radius 2 is 1.71 bits per heavy atom. The molecule has 0 aliphatic carbocycles. The number of hydrogen-bond acceptors (Lipinski definition) is 6. The second-order valence-electron chi connectivity index (χ2n) is 6.36. The normalized spacial score (nSPS) is 14.5. The largest absolute Gasteiger partial charge is 0.496 e. The first-order chi connectivity index (χ1) is 14.9. The molecule has 1 saturated heterocycles. The van der Waals surface area contributed by atoms with E-state index < -0.39 is 30.2 Å². The maximum atomic E-state index is 13.7. The standard InChI is InChI=1S/C21H20FN3O6/c1-29-16-10-18(31-3)17(30-2)9-12(16)8-15-20(27)25(21(28)24-15)11-19(26)23-14-7-5-4-6-13(14)22/h4-10H,11H2,1-3H3,(H,23,26)(H,24,28)/b15-8+. The minimum atomic E-state index is -0.778. The van der Waals surface area contributed by atoms with E-state index in [0.717, 1.165) is 4.90 Å². The van der Waals surface area contributed by atoms with Crippen molar-refractivity contribution in [1.82, 2.24) is 10.2 Å². The van der Waals surface area contributed by atoms with E-state index in [9.17, 15) is 18.8 Å². The van der Waals surface area contributed by atoms with Gasteiger partial charge in [0.15, 0.2) is 11.5 Å². The molecule has 10 heteroatoms. The summed E-state index contributed by atoms with van der Waals surface area (Å²) in [6.45, 7) is -0.584. The first-order valence-corrected chi connectivity index (χ1v) is 9.06. The predicted octanol–water partition coefficient (Wildman–Crippen LogP) is 2.38. The van der Waals surface area contributed by atoms with Crippen molar-refractivity contribution in [3.63, 3.8) is 0 Å². The number of carbonyl (C=O) groups is 3. The second-order valence-corrected chi connectivity index (χ2v) is 6.36. The van der Waals surface area contributed by atoms with Gasteiger partial charge in [0.1, 0.15) is 23.8 Å². The van der Waals surface area contributed by atoms with Crippen LogP contribution in [0.5, 0.6) is 17.2 Å². The summed E-state index contributed by atoms with van der Waals surface area (Å²) in [6, 6.07) is 7.95. The second kappa shape index (κ2) is 9.16. The minimum Gasteiger partial charge on any atom is -0.496 e. The van der Waals surface area contributed by atoms with Crippen LogP contribution in [0.3, 0.4) is 0 Å². The molecule has 31 heavy (non-hydrogen) atoms.